The zero-order chi connectivity index (χ0) is 17.3. The van der Waals surface area contributed by atoms with Crippen LogP contribution in [0.2, 0.25) is 10.0 Å². The number of benzene rings is 2. The molecule has 0 unspecified atom stereocenters. The number of aromatic amines is 1. The number of nitrogens with zero attached hydrogens (tertiary/aromatic N) is 1. The number of sulfonamides is 1. The van der Waals surface area contributed by atoms with Crippen molar-refractivity contribution < 1.29 is 8.42 Å². The number of nitrogens with one attached hydrogen (secondary N) is 2. The number of hydrogen-bond donors (Lipinski definition) is 3. The lowest BCUT2D eigenvalue weighted by atomic mass is 10.1. The summed E-state index contributed by atoms with van der Waals surface area (Å²) in [6, 6.07) is 10.9. The van der Waals surface area contributed by atoms with E-state index in [0.29, 0.717) is 16.7 Å². The van der Waals surface area contributed by atoms with Gasteiger partial charge in [-0.1, -0.05) is 35.3 Å². The van der Waals surface area contributed by atoms with Crippen LogP contribution in [0.5, 0.6) is 0 Å². The predicted molar refractivity (Wildman–Crippen MR) is 95.7 cm³/mol. The van der Waals surface area contributed by atoms with E-state index < -0.39 is 10.0 Å². The Morgan fingerprint density at radius 3 is 2.33 bits per heavy atom. The second-order valence-corrected chi connectivity index (χ2v) is 7.44. The average molecular weight is 383 g/mol. The molecule has 0 saturated heterocycles. The number of aromatic nitrogens is 2. The molecule has 1 aromatic heterocycles. The van der Waals surface area contributed by atoms with E-state index >= 15 is 0 Å². The fraction of sp³-hybridized carbons (Fsp3) is 0. The highest BCUT2D eigenvalue weighted by Crippen LogP contribution is 2.26. The normalized spacial score (nSPS) is 11.4. The lowest BCUT2D eigenvalue weighted by Gasteiger charge is -2.09. The standard InChI is InChI=1S/C15H12Cl2N4O2S/c16-12-6-5-11(7-13(12)17)24(22,23)21-10-3-1-9(2-4-10)14-8-19-15(18)20-14/h1-8,21H,(H3,18,19,20). The number of halogens is 2. The largest absolute Gasteiger partial charge is 0.369 e. The molecule has 0 aliphatic heterocycles. The minimum atomic E-state index is -3.76. The van der Waals surface area contributed by atoms with Crippen LogP contribution in [-0.4, -0.2) is 18.4 Å². The highest BCUT2D eigenvalue weighted by atomic mass is 35.5. The summed E-state index contributed by atoms with van der Waals surface area (Å²) in [6.45, 7) is 0. The van der Waals surface area contributed by atoms with Gasteiger partial charge in [-0.15, -0.1) is 0 Å². The van der Waals surface area contributed by atoms with E-state index in [1.807, 2.05) is 0 Å². The zero-order valence-electron chi connectivity index (χ0n) is 12.1. The molecule has 6 nitrogen and oxygen atoms in total. The van der Waals surface area contributed by atoms with Crippen LogP contribution < -0.4 is 10.5 Å². The Morgan fingerprint density at radius 2 is 1.75 bits per heavy atom. The summed E-state index contributed by atoms with van der Waals surface area (Å²) in [4.78, 5) is 6.85. The third-order valence-corrected chi connectivity index (χ3v) is 5.36. The van der Waals surface area contributed by atoms with Crippen LogP contribution in [-0.2, 0) is 10.0 Å². The Labute approximate surface area is 148 Å². The number of rotatable bonds is 4. The van der Waals surface area contributed by atoms with Crippen LogP contribution >= 0.6 is 23.2 Å². The third-order valence-electron chi connectivity index (χ3n) is 3.24. The van der Waals surface area contributed by atoms with Crippen LogP contribution in [0.1, 0.15) is 0 Å². The minimum Gasteiger partial charge on any atom is -0.369 e. The molecule has 0 fully saturated rings. The fourth-order valence-corrected chi connectivity index (χ4v) is 3.51. The van der Waals surface area contributed by atoms with Gasteiger partial charge in [-0.05, 0) is 35.9 Å². The quantitative estimate of drug-likeness (QED) is 0.638. The zero-order valence-corrected chi connectivity index (χ0v) is 14.5. The summed E-state index contributed by atoms with van der Waals surface area (Å²) in [5.74, 6) is 0.314. The van der Waals surface area contributed by atoms with Gasteiger partial charge in [0.05, 0.1) is 26.8 Å². The van der Waals surface area contributed by atoms with Crippen LogP contribution in [0.25, 0.3) is 11.3 Å². The van der Waals surface area contributed by atoms with E-state index in [2.05, 4.69) is 14.7 Å². The Bertz CT molecular complexity index is 985. The molecule has 0 spiro atoms. The van der Waals surface area contributed by atoms with Crippen molar-refractivity contribution in [2.45, 2.75) is 4.90 Å². The molecule has 0 aliphatic carbocycles. The second kappa shape index (κ2) is 6.35. The minimum absolute atomic E-state index is 0.0299. The molecule has 0 bridgehead atoms. The number of anilines is 2. The second-order valence-electron chi connectivity index (χ2n) is 4.94. The molecule has 124 valence electrons. The number of hydrogen-bond acceptors (Lipinski definition) is 4. The molecular formula is C15H12Cl2N4O2S. The number of imidazole rings is 1. The van der Waals surface area contributed by atoms with Gasteiger partial charge >= 0.3 is 0 Å². The van der Waals surface area contributed by atoms with Crippen molar-refractivity contribution >= 4 is 44.9 Å². The molecule has 3 aromatic rings. The Balaban J connectivity index is 1.83. The van der Waals surface area contributed by atoms with Gasteiger partial charge in [-0.2, -0.15) is 0 Å². The van der Waals surface area contributed by atoms with Gasteiger partial charge in [0.15, 0.2) is 5.95 Å². The first kappa shape index (κ1) is 16.6. The maximum atomic E-state index is 12.4. The smallest absolute Gasteiger partial charge is 0.261 e. The lowest BCUT2D eigenvalue weighted by molar-refractivity contribution is 0.601. The van der Waals surface area contributed by atoms with E-state index in [9.17, 15) is 8.42 Å². The van der Waals surface area contributed by atoms with Crippen LogP contribution in [0.4, 0.5) is 11.6 Å². The molecular weight excluding hydrogens is 371 g/mol. The first-order valence-corrected chi connectivity index (χ1v) is 8.98. The van der Waals surface area contributed by atoms with Crippen LogP contribution in [0, 0.1) is 0 Å². The molecule has 0 atom stereocenters. The van der Waals surface area contributed by atoms with Crippen molar-refractivity contribution in [3.63, 3.8) is 0 Å². The molecule has 9 heteroatoms. The predicted octanol–water partition coefficient (Wildman–Crippen LogP) is 3.77. The van der Waals surface area contributed by atoms with Crippen molar-refractivity contribution in [1.82, 2.24) is 9.97 Å². The van der Waals surface area contributed by atoms with Crippen molar-refractivity contribution in [3.8, 4) is 11.3 Å². The molecule has 0 aliphatic rings. The number of nitrogen functional groups attached to an aromatic ring is 1. The van der Waals surface area contributed by atoms with E-state index in [0.717, 1.165) is 11.3 Å². The molecule has 4 N–H and O–H groups in total. The summed E-state index contributed by atoms with van der Waals surface area (Å²) in [5.41, 5.74) is 7.52. The Hall–Kier alpha value is -2.22. The van der Waals surface area contributed by atoms with E-state index in [1.54, 1.807) is 30.5 Å². The van der Waals surface area contributed by atoms with Crippen molar-refractivity contribution in [2.24, 2.45) is 0 Å². The van der Waals surface area contributed by atoms with Gasteiger partial charge in [-0.25, -0.2) is 13.4 Å². The van der Waals surface area contributed by atoms with Gasteiger partial charge in [0.2, 0.25) is 0 Å². The summed E-state index contributed by atoms with van der Waals surface area (Å²) in [7, 11) is -3.76. The summed E-state index contributed by atoms with van der Waals surface area (Å²) < 4.78 is 27.2. The molecule has 0 radical (unpaired) electrons. The van der Waals surface area contributed by atoms with Gasteiger partial charge in [0, 0.05) is 5.69 Å². The lowest BCUT2D eigenvalue weighted by Crippen LogP contribution is -2.12. The molecule has 0 saturated carbocycles. The summed E-state index contributed by atoms with van der Waals surface area (Å²) >= 11 is 11.7. The fourth-order valence-electron chi connectivity index (χ4n) is 2.06. The average Bonchev–Trinajstić information content (AvgIpc) is 2.97. The summed E-state index contributed by atoms with van der Waals surface area (Å²) in [6.07, 6.45) is 1.60. The molecule has 3 rings (SSSR count). The number of H-pyrrole nitrogens is 1. The van der Waals surface area contributed by atoms with Gasteiger partial charge in [-0.3, -0.25) is 4.72 Å². The highest BCUT2D eigenvalue weighted by molar-refractivity contribution is 7.92. The van der Waals surface area contributed by atoms with Gasteiger partial charge in [0.1, 0.15) is 0 Å². The van der Waals surface area contributed by atoms with Crippen molar-refractivity contribution in [3.05, 3.63) is 58.7 Å². The van der Waals surface area contributed by atoms with Crippen molar-refractivity contribution in [2.75, 3.05) is 10.5 Å². The molecule has 0 amide bonds. The molecule has 2 aromatic carbocycles. The van der Waals surface area contributed by atoms with Crippen molar-refractivity contribution in [1.29, 1.82) is 0 Å². The first-order valence-electron chi connectivity index (χ1n) is 6.74. The van der Waals surface area contributed by atoms with Crippen LogP contribution in [0.3, 0.4) is 0 Å². The van der Waals surface area contributed by atoms with Gasteiger partial charge in [0.25, 0.3) is 10.0 Å². The Morgan fingerprint density at radius 1 is 1.04 bits per heavy atom. The first-order chi connectivity index (χ1) is 11.3. The summed E-state index contributed by atoms with van der Waals surface area (Å²) in [5, 5.41) is 0.463. The SMILES string of the molecule is Nc1ncc(-c2ccc(NS(=O)(=O)c3ccc(Cl)c(Cl)c3)cc2)[nH]1. The van der Waals surface area contributed by atoms with E-state index in [-0.39, 0.29) is 9.92 Å². The van der Waals surface area contributed by atoms with E-state index in [1.165, 1.54) is 18.2 Å². The number of nitrogens with two attached hydrogens (primary N) is 1. The maximum Gasteiger partial charge on any atom is 0.261 e. The Kier molecular flexibility index (Phi) is 4.40. The van der Waals surface area contributed by atoms with E-state index in [4.69, 9.17) is 28.9 Å². The highest BCUT2D eigenvalue weighted by Gasteiger charge is 2.15. The topological polar surface area (TPSA) is 101 Å². The maximum absolute atomic E-state index is 12.4. The third kappa shape index (κ3) is 3.48. The molecule has 1 heterocycles. The monoisotopic (exact) mass is 382 g/mol. The van der Waals surface area contributed by atoms with Crippen LogP contribution in [0.15, 0.2) is 53.6 Å². The van der Waals surface area contributed by atoms with Gasteiger partial charge < -0.3 is 10.7 Å². The molecule has 24 heavy (non-hydrogen) atoms.